The molecule has 0 bridgehead atoms. The molecular weight excluding hydrogens is 380 g/mol. The molecule has 1 fully saturated rings. The molecule has 2 aliphatic rings. The summed E-state index contributed by atoms with van der Waals surface area (Å²) >= 11 is 0. The van der Waals surface area contributed by atoms with Crippen molar-refractivity contribution in [1.29, 1.82) is 0 Å². The third-order valence-corrected chi connectivity index (χ3v) is 6.16. The number of para-hydroxylation sites is 1. The van der Waals surface area contributed by atoms with Crippen LogP contribution in [0.3, 0.4) is 0 Å². The smallest absolute Gasteiger partial charge is 0.258 e. The molecule has 0 spiro atoms. The first-order chi connectivity index (χ1) is 14.5. The topological polar surface area (TPSA) is 89.5 Å². The number of nitrogens with zero attached hydrogens (tertiary/aromatic N) is 1. The first-order valence-electron chi connectivity index (χ1n) is 10.6. The minimum atomic E-state index is -1.15. The molecule has 2 aromatic rings. The van der Waals surface area contributed by atoms with Crippen molar-refractivity contribution in [3.8, 4) is 0 Å². The van der Waals surface area contributed by atoms with Crippen molar-refractivity contribution in [3.05, 3.63) is 59.7 Å². The predicted molar refractivity (Wildman–Crippen MR) is 112 cm³/mol. The van der Waals surface area contributed by atoms with Gasteiger partial charge in [-0.2, -0.15) is 0 Å². The Kier molecular flexibility index (Phi) is 5.84. The zero-order valence-electron chi connectivity index (χ0n) is 16.8. The third kappa shape index (κ3) is 4.08. The summed E-state index contributed by atoms with van der Waals surface area (Å²) in [5.41, 5.74) is 3.24. The van der Waals surface area contributed by atoms with Gasteiger partial charge in [0.2, 0.25) is 5.91 Å². The van der Waals surface area contributed by atoms with E-state index in [2.05, 4.69) is 11.4 Å². The lowest BCUT2D eigenvalue weighted by Crippen LogP contribution is -2.42. The van der Waals surface area contributed by atoms with Crippen LogP contribution in [0.25, 0.3) is 0 Å². The third-order valence-electron chi connectivity index (χ3n) is 6.16. The number of fused-ring (bicyclic) bond motifs is 1. The van der Waals surface area contributed by atoms with E-state index >= 15 is 0 Å². The highest BCUT2D eigenvalue weighted by atomic mass is 16.4. The van der Waals surface area contributed by atoms with Crippen LogP contribution in [0.4, 0.5) is 11.4 Å². The number of carbonyl (C=O) groups is 3. The molecule has 1 saturated carbocycles. The number of carbonyl (C=O) groups excluding carboxylic acids is 3. The number of aryl methyl sites for hydroxylation is 1. The number of rotatable bonds is 4. The summed E-state index contributed by atoms with van der Waals surface area (Å²) in [5.74, 6) is -2.83. The van der Waals surface area contributed by atoms with Gasteiger partial charge >= 0.3 is 0 Å². The molecule has 2 aromatic carbocycles. The van der Waals surface area contributed by atoms with Gasteiger partial charge in [-0.3, -0.25) is 9.59 Å². The lowest BCUT2D eigenvalue weighted by Gasteiger charge is -2.31. The van der Waals surface area contributed by atoms with E-state index in [0.29, 0.717) is 30.6 Å². The number of hydrogen-bond donors (Lipinski definition) is 1. The van der Waals surface area contributed by atoms with Crippen molar-refractivity contribution in [3.63, 3.8) is 0 Å². The molecule has 1 N–H and O–H groups in total. The Morgan fingerprint density at radius 2 is 1.60 bits per heavy atom. The van der Waals surface area contributed by atoms with Crippen LogP contribution in [-0.2, 0) is 16.0 Å². The molecule has 0 saturated heterocycles. The maximum Gasteiger partial charge on any atom is 0.258 e. The zero-order chi connectivity index (χ0) is 21.1. The van der Waals surface area contributed by atoms with Crippen LogP contribution in [0, 0.1) is 11.8 Å². The lowest BCUT2D eigenvalue weighted by atomic mass is 9.78. The fourth-order valence-electron chi connectivity index (χ4n) is 4.56. The van der Waals surface area contributed by atoms with Crippen LogP contribution in [0.2, 0.25) is 0 Å². The molecule has 156 valence electrons. The SMILES string of the molecule is O=C(Nc1ccc(C(=O)N2CCCc3ccccc32)cc1)[C@H]1CCCC[C@H]1C(=O)[O-]. The van der Waals surface area contributed by atoms with Crippen LogP contribution in [-0.4, -0.2) is 24.3 Å². The molecule has 6 heteroatoms. The molecule has 2 atom stereocenters. The van der Waals surface area contributed by atoms with Crippen LogP contribution < -0.4 is 15.3 Å². The summed E-state index contributed by atoms with van der Waals surface area (Å²) in [5, 5.41) is 14.1. The second-order valence-corrected chi connectivity index (χ2v) is 8.07. The fourth-order valence-corrected chi connectivity index (χ4v) is 4.56. The van der Waals surface area contributed by atoms with Crippen LogP contribution in [0.5, 0.6) is 0 Å². The summed E-state index contributed by atoms with van der Waals surface area (Å²) in [6.45, 7) is 0.681. The van der Waals surface area contributed by atoms with Crippen LogP contribution >= 0.6 is 0 Å². The van der Waals surface area contributed by atoms with E-state index in [0.717, 1.165) is 31.4 Å². The molecule has 4 rings (SSSR count). The second kappa shape index (κ2) is 8.69. The molecule has 6 nitrogen and oxygen atoms in total. The molecule has 1 aliphatic heterocycles. The average Bonchev–Trinajstić information content (AvgIpc) is 2.78. The highest BCUT2D eigenvalue weighted by molar-refractivity contribution is 6.07. The number of anilines is 2. The Morgan fingerprint density at radius 3 is 2.33 bits per heavy atom. The molecular formula is C24H25N2O4-. The van der Waals surface area contributed by atoms with Gasteiger partial charge < -0.3 is 20.1 Å². The molecule has 0 unspecified atom stereocenters. The molecule has 0 aromatic heterocycles. The zero-order valence-corrected chi connectivity index (χ0v) is 16.8. The van der Waals surface area contributed by atoms with E-state index in [-0.39, 0.29) is 11.8 Å². The van der Waals surface area contributed by atoms with Crippen LogP contribution in [0.15, 0.2) is 48.5 Å². The minimum absolute atomic E-state index is 0.0654. The molecule has 30 heavy (non-hydrogen) atoms. The van der Waals surface area contributed by atoms with E-state index in [9.17, 15) is 19.5 Å². The normalized spacial score (nSPS) is 20.9. The molecule has 1 heterocycles. The Bertz CT molecular complexity index is 954. The largest absolute Gasteiger partial charge is 0.550 e. The van der Waals surface area contributed by atoms with Gasteiger partial charge in [-0.25, -0.2) is 0 Å². The number of carboxylic acids is 1. The number of carboxylic acid groups (broad SMARTS) is 1. The standard InChI is InChI=1S/C24H26N2O4/c27-22(19-8-2-3-9-20(19)24(29)30)25-18-13-11-17(12-14-18)23(28)26-15-5-7-16-6-1-4-10-21(16)26/h1,4,6,10-14,19-20H,2-3,5,7-9,15H2,(H,25,27)(H,29,30)/p-1/t19-,20+/m0/s1. The summed E-state index contributed by atoms with van der Waals surface area (Å²) in [6.07, 6.45) is 4.57. The quantitative estimate of drug-likeness (QED) is 0.847. The number of amides is 2. The van der Waals surface area contributed by atoms with Gasteiger partial charge in [0.05, 0.1) is 0 Å². The van der Waals surface area contributed by atoms with Gasteiger partial charge in [0.25, 0.3) is 5.91 Å². The van der Waals surface area contributed by atoms with E-state index in [1.54, 1.807) is 29.2 Å². The first kappa shape index (κ1) is 20.1. The van der Waals surface area contributed by atoms with Crippen LogP contribution in [0.1, 0.15) is 48.0 Å². The molecule has 2 amide bonds. The van der Waals surface area contributed by atoms with Crippen molar-refractivity contribution in [2.45, 2.75) is 38.5 Å². The minimum Gasteiger partial charge on any atom is -0.550 e. The van der Waals surface area contributed by atoms with E-state index < -0.39 is 17.8 Å². The lowest BCUT2D eigenvalue weighted by molar-refractivity contribution is -0.313. The monoisotopic (exact) mass is 405 g/mol. The number of hydrogen-bond acceptors (Lipinski definition) is 4. The van der Waals surface area contributed by atoms with Gasteiger partial charge in [0.1, 0.15) is 0 Å². The second-order valence-electron chi connectivity index (χ2n) is 8.07. The summed E-state index contributed by atoms with van der Waals surface area (Å²) in [4.78, 5) is 38.8. The number of benzene rings is 2. The first-order valence-corrected chi connectivity index (χ1v) is 10.6. The Hall–Kier alpha value is -3.15. The van der Waals surface area contributed by atoms with Crippen molar-refractivity contribution in [2.24, 2.45) is 11.8 Å². The van der Waals surface area contributed by atoms with E-state index in [1.165, 1.54) is 5.56 Å². The van der Waals surface area contributed by atoms with Gasteiger partial charge in [0.15, 0.2) is 0 Å². The van der Waals surface area contributed by atoms with Crippen molar-refractivity contribution in [1.82, 2.24) is 0 Å². The summed E-state index contributed by atoms with van der Waals surface area (Å²) in [6, 6.07) is 14.7. The van der Waals surface area contributed by atoms with E-state index in [4.69, 9.17) is 0 Å². The van der Waals surface area contributed by atoms with Gasteiger partial charge in [0, 0.05) is 41.3 Å². The number of aliphatic carboxylic acids is 1. The highest BCUT2D eigenvalue weighted by Gasteiger charge is 2.32. The summed E-state index contributed by atoms with van der Waals surface area (Å²) < 4.78 is 0. The summed E-state index contributed by atoms with van der Waals surface area (Å²) in [7, 11) is 0. The fraction of sp³-hybridized carbons (Fsp3) is 0.375. The molecule has 1 aliphatic carbocycles. The highest BCUT2D eigenvalue weighted by Crippen LogP contribution is 2.31. The van der Waals surface area contributed by atoms with Gasteiger partial charge in [-0.05, 0) is 61.6 Å². The van der Waals surface area contributed by atoms with Gasteiger partial charge in [-0.15, -0.1) is 0 Å². The Labute approximate surface area is 175 Å². The Balaban J connectivity index is 1.45. The van der Waals surface area contributed by atoms with E-state index in [1.807, 2.05) is 18.2 Å². The average molecular weight is 405 g/mol. The van der Waals surface area contributed by atoms with Crippen molar-refractivity contribution >= 4 is 29.2 Å². The van der Waals surface area contributed by atoms with Crippen molar-refractivity contribution in [2.75, 3.05) is 16.8 Å². The number of nitrogens with one attached hydrogen (secondary N) is 1. The molecule has 0 radical (unpaired) electrons. The Morgan fingerprint density at radius 1 is 0.900 bits per heavy atom. The van der Waals surface area contributed by atoms with Crippen molar-refractivity contribution < 1.29 is 19.5 Å². The predicted octanol–water partition coefficient (Wildman–Crippen LogP) is 2.77. The maximum absolute atomic E-state index is 13.0. The van der Waals surface area contributed by atoms with Gasteiger partial charge in [-0.1, -0.05) is 31.0 Å². The maximum atomic E-state index is 13.0.